The molecule has 0 saturated carbocycles. The van der Waals surface area contributed by atoms with Crippen LogP contribution in [0.25, 0.3) is 0 Å². The molecule has 3 heteroatoms. The van der Waals surface area contributed by atoms with Crippen molar-refractivity contribution in [1.82, 2.24) is 4.90 Å². The van der Waals surface area contributed by atoms with Gasteiger partial charge in [-0.2, -0.15) is 0 Å². The predicted octanol–water partition coefficient (Wildman–Crippen LogP) is 1.27. The van der Waals surface area contributed by atoms with Crippen LogP contribution < -0.4 is 10.5 Å². The van der Waals surface area contributed by atoms with Gasteiger partial charge in [0.05, 0.1) is 12.8 Å². The Balaban J connectivity index is 2.43. The second-order valence-electron chi connectivity index (χ2n) is 3.81. The number of nitrogens with zero attached hydrogens (tertiary/aromatic N) is 1. The van der Waals surface area contributed by atoms with E-state index < -0.39 is 0 Å². The van der Waals surface area contributed by atoms with Gasteiger partial charge in [-0.25, -0.2) is 0 Å². The molecule has 0 saturated heterocycles. The maximum absolute atomic E-state index is 6.02. The summed E-state index contributed by atoms with van der Waals surface area (Å²) in [5.41, 5.74) is 9.43. The molecular weight excluding hydrogens is 176 g/mol. The number of methoxy groups -OCH3 is 1. The minimum absolute atomic E-state index is 0.799. The number of rotatable bonds is 1. The van der Waals surface area contributed by atoms with Crippen LogP contribution in [0, 0.1) is 0 Å². The average Bonchev–Trinajstić information content (AvgIpc) is 2.18. The van der Waals surface area contributed by atoms with Crippen molar-refractivity contribution >= 4 is 5.69 Å². The van der Waals surface area contributed by atoms with Gasteiger partial charge in [-0.3, -0.25) is 0 Å². The van der Waals surface area contributed by atoms with Crippen LogP contribution in [0.15, 0.2) is 12.1 Å². The zero-order chi connectivity index (χ0) is 10.1. The molecule has 0 amide bonds. The molecule has 1 aliphatic rings. The highest BCUT2D eigenvalue weighted by Gasteiger charge is 2.17. The first-order valence-corrected chi connectivity index (χ1v) is 4.85. The van der Waals surface area contributed by atoms with Gasteiger partial charge in [0.25, 0.3) is 0 Å². The van der Waals surface area contributed by atoms with Crippen LogP contribution >= 0.6 is 0 Å². The Labute approximate surface area is 84.5 Å². The van der Waals surface area contributed by atoms with E-state index in [1.807, 2.05) is 6.07 Å². The first kappa shape index (κ1) is 9.34. The molecule has 2 rings (SSSR count). The van der Waals surface area contributed by atoms with E-state index in [1.54, 1.807) is 7.11 Å². The summed E-state index contributed by atoms with van der Waals surface area (Å²) >= 11 is 0. The quantitative estimate of drug-likeness (QED) is 0.681. The number of hydrogen-bond acceptors (Lipinski definition) is 3. The highest BCUT2D eigenvalue weighted by atomic mass is 16.5. The molecule has 0 unspecified atom stereocenters. The SMILES string of the molecule is COc1ccc2c(c1N)CCN(C)C2. The van der Waals surface area contributed by atoms with Crippen LogP contribution in [0.2, 0.25) is 0 Å². The van der Waals surface area contributed by atoms with Crippen LogP contribution in [-0.2, 0) is 13.0 Å². The van der Waals surface area contributed by atoms with Gasteiger partial charge in [-0.1, -0.05) is 6.07 Å². The molecule has 0 bridgehead atoms. The number of nitrogen functional groups attached to an aromatic ring is 1. The van der Waals surface area contributed by atoms with Crippen molar-refractivity contribution in [2.75, 3.05) is 26.4 Å². The lowest BCUT2D eigenvalue weighted by Gasteiger charge is -2.26. The van der Waals surface area contributed by atoms with Gasteiger partial charge < -0.3 is 15.4 Å². The molecule has 2 N–H and O–H groups in total. The topological polar surface area (TPSA) is 38.5 Å². The summed E-state index contributed by atoms with van der Waals surface area (Å²) in [6, 6.07) is 4.06. The monoisotopic (exact) mass is 192 g/mol. The van der Waals surface area contributed by atoms with Gasteiger partial charge >= 0.3 is 0 Å². The number of benzene rings is 1. The predicted molar refractivity (Wildman–Crippen MR) is 57.4 cm³/mol. The largest absolute Gasteiger partial charge is 0.495 e. The van der Waals surface area contributed by atoms with E-state index in [0.717, 1.165) is 30.9 Å². The second-order valence-corrected chi connectivity index (χ2v) is 3.81. The van der Waals surface area contributed by atoms with E-state index in [4.69, 9.17) is 10.5 Å². The molecule has 0 radical (unpaired) electrons. The van der Waals surface area contributed by atoms with Crippen molar-refractivity contribution in [1.29, 1.82) is 0 Å². The van der Waals surface area contributed by atoms with E-state index in [0.29, 0.717) is 0 Å². The van der Waals surface area contributed by atoms with E-state index in [9.17, 15) is 0 Å². The fraction of sp³-hybridized carbons (Fsp3) is 0.455. The lowest BCUT2D eigenvalue weighted by atomic mass is 9.98. The fourth-order valence-electron chi connectivity index (χ4n) is 1.98. The van der Waals surface area contributed by atoms with Gasteiger partial charge in [0.1, 0.15) is 5.75 Å². The van der Waals surface area contributed by atoms with Crippen molar-refractivity contribution in [3.63, 3.8) is 0 Å². The van der Waals surface area contributed by atoms with E-state index in [-0.39, 0.29) is 0 Å². The van der Waals surface area contributed by atoms with Crippen LogP contribution in [0.4, 0.5) is 5.69 Å². The molecule has 0 aromatic heterocycles. The smallest absolute Gasteiger partial charge is 0.142 e. The molecule has 1 aromatic rings. The second kappa shape index (κ2) is 3.50. The molecule has 0 fully saturated rings. The van der Waals surface area contributed by atoms with Crippen molar-refractivity contribution in [2.24, 2.45) is 0 Å². The minimum Gasteiger partial charge on any atom is -0.495 e. The molecule has 1 aromatic carbocycles. The van der Waals surface area contributed by atoms with Crippen LogP contribution in [-0.4, -0.2) is 25.6 Å². The Morgan fingerprint density at radius 1 is 1.43 bits per heavy atom. The maximum atomic E-state index is 6.02. The van der Waals surface area contributed by atoms with Gasteiger partial charge in [0.2, 0.25) is 0 Å². The Bertz CT molecular complexity index is 349. The zero-order valence-electron chi connectivity index (χ0n) is 8.71. The van der Waals surface area contributed by atoms with Crippen molar-refractivity contribution in [3.8, 4) is 5.75 Å². The molecule has 1 aliphatic heterocycles. The Kier molecular flexibility index (Phi) is 2.33. The normalized spacial score (nSPS) is 16.4. The summed E-state index contributed by atoms with van der Waals surface area (Å²) in [7, 11) is 3.79. The number of anilines is 1. The summed E-state index contributed by atoms with van der Waals surface area (Å²) in [5, 5.41) is 0. The summed E-state index contributed by atoms with van der Waals surface area (Å²) in [5.74, 6) is 0.799. The van der Waals surface area contributed by atoms with E-state index in [1.165, 1.54) is 11.1 Å². The molecule has 14 heavy (non-hydrogen) atoms. The van der Waals surface area contributed by atoms with Gasteiger partial charge in [-0.05, 0) is 30.7 Å². The van der Waals surface area contributed by atoms with Crippen molar-refractivity contribution in [2.45, 2.75) is 13.0 Å². The molecule has 1 heterocycles. The Hall–Kier alpha value is -1.22. The first-order valence-electron chi connectivity index (χ1n) is 4.85. The number of fused-ring (bicyclic) bond motifs is 1. The Morgan fingerprint density at radius 3 is 2.93 bits per heavy atom. The van der Waals surface area contributed by atoms with Gasteiger partial charge in [0, 0.05) is 13.1 Å². The fourth-order valence-corrected chi connectivity index (χ4v) is 1.98. The third kappa shape index (κ3) is 1.44. The van der Waals surface area contributed by atoms with Crippen LogP contribution in [0.3, 0.4) is 0 Å². The van der Waals surface area contributed by atoms with E-state index >= 15 is 0 Å². The van der Waals surface area contributed by atoms with Crippen LogP contribution in [0.5, 0.6) is 5.75 Å². The molecule has 3 nitrogen and oxygen atoms in total. The molecule has 0 spiro atoms. The lowest BCUT2D eigenvalue weighted by molar-refractivity contribution is 0.312. The van der Waals surface area contributed by atoms with E-state index in [2.05, 4.69) is 18.0 Å². The third-order valence-corrected chi connectivity index (χ3v) is 2.82. The summed E-state index contributed by atoms with van der Waals surface area (Å²) in [6.45, 7) is 2.06. The molecule has 0 atom stereocenters. The maximum Gasteiger partial charge on any atom is 0.142 e. The highest BCUT2D eigenvalue weighted by Crippen LogP contribution is 2.31. The molecular formula is C11H16N2O. The lowest BCUT2D eigenvalue weighted by Crippen LogP contribution is -2.27. The summed E-state index contributed by atoms with van der Waals surface area (Å²) < 4.78 is 5.20. The number of ether oxygens (including phenoxy) is 1. The Morgan fingerprint density at radius 2 is 2.21 bits per heavy atom. The summed E-state index contributed by atoms with van der Waals surface area (Å²) in [6.07, 6.45) is 1.02. The zero-order valence-corrected chi connectivity index (χ0v) is 8.71. The number of likely N-dealkylation sites (N-methyl/N-ethyl adjacent to an activating group) is 1. The standard InChI is InChI=1S/C11H16N2O/c1-13-6-5-9-8(7-13)3-4-10(14-2)11(9)12/h3-4H,5-7,12H2,1-2H3. The van der Waals surface area contributed by atoms with Gasteiger partial charge in [-0.15, -0.1) is 0 Å². The molecule has 0 aliphatic carbocycles. The van der Waals surface area contributed by atoms with Crippen molar-refractivity contribution in [3.05, 3.63) is 23.3 Å². The molecule has 76 valence electrons. The van der Waals surface area contributed by atoms with Crippen molar-refractivity contribution < 1.29 is 4.74 Å². The summed E-state index contributed by atoms with van der Waals surface area (Å²) in [4.78, 5) is 2.30. The highest BCUT2D eigenvalue weighted by molar-refractivity contribution is 5.61. The average molecular weight is 192 g/mol. The minimum atomic E-state index is 0.799. The number of hydrogen-bond donors (Lipinski definition) is 1. The first-order chi connectivity index (χ1) is 6.72. The number of nitrogens with two attached hydrogens (primary N) is 1. The third-order valence-electron chi connectivity index (χ3n) is 2.82. The van der Waals surface area contributed by atoms with Crippen LogP contribution in [0.1, 0.15) is 11.1 Å². The van der Waals surface area contributed by atoms with Gasteiger partial charge in [0.15, 0.2) is 0 Å².